The number of rotatable bonds is 8. The van der Waals surface area contributed by atoms with E-state index >= 15 is 0 Å². The van der Waals surface area contributed by atoms with Gasteiger partial charge < -0.3 is 19.4 Å². The molecule has 9 nitrogen and oxygen atoms in total. The number of nitrogens with one attached hydrogen (secondary N) is 1. The van der Waals surface area contributed by atoms with Crippen LogP contribution in [0.4, 0.5) is 5.82 Å². The van der Waals surface area contributed by atoms with Crippen molar-refractivity contribution >= 4 is 47.1 Å². The van der Waals surface area contributed by atoms with Crippen molar-refractivity contribution in [3.8, 4) is 0 Å². The van der Waals surface area contributed by atoms with Crippen LogP contribution in [-0.4, -0.2) is 84.5 Å². The zero-order valence-corrected chi connectivity index (χ0v) is 23.3. The SMILES string of the molecule is Cc1oc2ccccc2c1CN(C)C(=O)C=Cc1cnc2c(c1)CN(CCCN1CCOCC1)CC(=O)N2.Cl. The zero-order chi connectivity index (χ0) is 26.5. The van der Waals surface area contributed by atoms with Crippen molar-refractivity contribution in [3.05, 3.63) is 65.1 Å². The third-order valence-corrected chi connectivity index (χ3v) is 7.15. The Bertz CT molecular complexity index is 1330. The number of amides is 2. The molecule has 39 heavy (non-hydrogen) atoms. The lowest BCUT2D eigenvalue weighted by atomic mass is 10.1. The summed E-state index contributed by atoms with van der Waals surface area (Å²) < 4.78 is 11.3. The molecule has 3 aromatic rings. The summed E-state index contributed by atoms with van der Waals surface area (Å²) in [6, 6.07) is 9.87. The minimum atomic E-state index is -0.109. The van der Waals surface area contributed by atoms with Crippen LogP contribution in [-0.2, 0) is 27.4 Å². The smallest absolute Gasteiger partial charge is 0.246 e. The molecule has 1 aromatic carbocycles. The van der Waals surface area contributed by atoms with Gasteiger partial charge in [0.15, 0.2) is 0 Å². The summed E-state index contributed by atoms with van der Waals surface area (Å²) in [4.78, 5) is 36.0. The lowest BCUT2D eigenvalue weighted by Crippen LogP contribution is -2.38. The molecule has 1 fully saturated rings. The van der Waals surface area contributed by atoms with Crippen molar-refractivity contribution in [2.45, 2.75) is 26.4 Å². The number of nitrogens with zero attached hydrogens (tertiary/aromatic N) is 4. The molecule has 1 saturated heterocycles. The van der Waals surface area contributed by atoms with E-state index in [1.807, 2.05) is 37.3 Å². The van der Waals surface area contributed by atoms with Crippen molar-refractivity contribution in [3.63, 3.8) is 0 Å². The standard InChI is InChI=1S/C29H35N5O4.ClH/c1-21-25(24-6-3-4-7-26(24)38-21)19-32(2)28(36)9-8-22-16-23-18-34(20-27(35)31-29(23)30-17-22)11-5-10-33-12-14-37-15-13-33;/h3-4,6-9,16-17H,5,10-15,18-20H2,1-2H3,(H,30,31,35);1H. The molecule has 0 unspecified atom stereocenters. The zero-order valence-electron chi connectivity index (χ0n) is 22.5. The highest BCUT2D eigenvalue weighted by Gasteiger charge is 2.21. The number of anilines is 1. The molecule has 0 atom stereocenters. The molecule has 10 heteroatoms. The van der Waals surface area contributed by atoms with E-state index in [4.69, 9.17) is 9.15 Å². The molecule has 0 radical (unpaired) electrons. The van der Waals surface area contributed by atoms with Crippen LogP contribution in [0.15, 0.2) is 47.0 Å². The summed E-state index contributed by atoms with van der Waals surface area (Å²) in [5.41, 5.74) is 3.61. The average Bonchev–Trinajstić information content (AvgIpc) is 3.13. The first kappa shape index (κ1) is 28.8. The Labute approximate surface area is 235 Å². The van der Waals surface area contributed by atoms with Crippen LogP contribution in [0.25, 0.3) is 17.0 Å². The van der Waals surface area contributed by atoms with Crippen molar-refractivity contribution in [1.82, 2.24) is 19.7 Å². The summed E-state index contributed by atoms with van der Waals surface area (Å²) in [5.74, 6) is 1.25. The number of hydrogen-bond donors (Lipinski definition) is 1. The van der Waals surface area contributed by atoms with Gasteiger partial charge in [0.25, 0.3) is 0 Å². The Kier molecular flexibility index (Phi) is 9.74. The van der Waals surface area contributed by atoms with Gasteiger partial charge in [-0.25, -0.2) is 4.98 Å². The van der Waals surface area contributed by atoms with E-state index in [1.165, 1.54) is 0 Å². The predicted molar refractivity (Wildman–Crippen MR) is 154 cm³/mol. The largest absolute Gasteiger partial charge is 0.461 e. The number of fused-ring (bicyclic) bond motifs is 2. The molecular formula is C29H36ClN5O4. The first-order valence-corrected chi connectivity index (χ1v) is 13.2. The number of aryl methyl sites for hydroxylation is 1. The van der Waals surface area contributed by atoms with Gasteiger partial charge in [0.1, 0.15) is 17.2 Å². The highest BCUT2D eigenvalue weighted by atomic mass is 35.5. The highest BCUT2D eigenvalue weighted by Crippen LogP contribution is 2.26. The number of halogens is 1. The van der Waals surface area contributed by atoms with Gasteiger partial charge in [-0.15, -0.1) is 12.4 Å². The number of para-hydroxylation sites is 1. The first-order valence-electron chi connectivity index (χ1n) is 13.2. The maximum atomic E-state index is 12.9. The Balaban J connectivity index is 0.00000353. The van der Waals surface area contributed by atoms with Crippen LogP contribution >= 0.6 is 12.4 Å². The molecule has 1 N–H and O–H groups in total. The van der Waals surface area contributed by atoms with Crippen LogP contribution in [0, 0.1) is 6.92 Å². The minimum Gasteiger partial charge on any atom is -0.461 e. The molecule has 0 bridgehead atoms. The lowest BCUT2D eigenvalue weighted by molar-refractivity contribution is -0.125. The van der Waals surface area contributed by atoms with Crippen LogP contribution in [0.1, 0.15) is 28.9 Å². The number of aromatic nitrogens is 1. The Morgan fingerprint density at radius 2 is 1.92 bits per heavy atom. The topological polar surface area (TPSA) is 91.2 Å². The normalized spacial score (nSPS) is 16.5. The lowest BCUT2D eigenvalue weighted by Gasteiger charge is -2.27. The molecule has 2 aliphatic heterocycles. The quantitative estimate of drug-likeness (QED) is 0.425. The van der Waals surface area contributed by atoms with Gasteiger partial charge in [-0.05, 0) is 43.7 Å². The van der Waals surface area contributed by atoms with Gasteiger partial charge in [-0.3, -0.25) is 19.4 Å². The van der Waals surface area contributed by atoms with Crippen LogP contribution in [0.2, 0.25) is 0 Å². The van der Waals surface area contributed by atoms with E-state index in [0.717, 1.165) is 79.2 Å². The van der Waals surface area contributed by atoms with Crippen LogP contribution in [0.5, 0.6) is 0 Å². The van der Waals surface area contributed by atoms with Gasteiger partial charge in [0.2, 0.25) is 11.8 Å². The van der Waals surface area contributed by atoms with Crippen LogP contribution in [0.3, 0.4) is 0 Å². The molecule has 0 spiro atoms. The molecule has 0 aliphatic carbocycles. The van der Waals surface area contributed by atoms with Gasteiger partial charge in [0.05, 0.1) is 19.8 Å². The fourth-order valence-corrected chi connectivity index (χ4v) is 5.05. The second kappa shape index (κ2) is 13.2. The Hall–Kier alpha value is -3.24. The molecular weight excluding hydrogens is 518 g/mol. The molecule has 208 valence electrons. The van der Waals surface area contributed by atoms with E-state index in [-0.39, 0.29) is 24.2 Å². The van der Waals surface area contributed by atoms with Gasteiger partial charge in [-0.1, -0.05) is 18.2 Å². The summed E-state index contributed by atoms with van der Waals surface area (Å²) in [7, 11) is 1.79. The molecule has 2 aromatic heterocycles. The molecule has 2 aliphatic rings. The van der Waals surface area contributed by atoms with Gasteiger partial charge in [0, 0.05) is 68.6 Å². The summed E-state index contributed by atoms with van der Waals surface area (Å²) >= 11 is 0. The number of carbonyl (C=O) groups is 2. The second-order valence-electron chi connectivity index (χ2n) is 10.0. The first-order chi connectivity index (χ1) is 18.5. The number of hydrogen-bond acceptors (Lipinski definition) is 7. The number of ether oxygens (including phenoxy) is 1. The summed E-state index contributed by atoms with van der Waals surface area (Å²) in [5, 5.41) is 3.95. The monoisotopic (exact) mass is 553 g/mol. The number of pyridine rings is 1. The average molecular weight is 554 g/mol. The third kappa shape index (κ3) is 7.24. The predicted octanol–water partition coefficient (Wildman–Crippen LogP) is 3.71. The number of benzene rings is 1. The minimum absolute atomic E-state index is 0. The summed E-state index contributed by atoms with van der Waals surface area (Å²) in [6.45, 7) is 8.70. The molecule has 4 heterocycles. The fraction of sp³-hybridized carbons (Fsp3) is 0.414. The number of furan rings is 1. The Morgan fingerprint density at radius 3 is 2.74 bits per heavy atom. The summed E-state index contributed by atoms with van der Waals surface area (Å²) in [6.07, 6.45) is 6.02. The number of carbonyl (C=O) groups excluding carboxylic acids is 2. The highest BCUT2D eigenvalue weighted by molar-refractivity contribution is 5.94. The van der Waals surface area contributed by atoms with Crippen molar-refractivity contribution < 1.29 is 18.7 Å². The van der Waals surface area contributed by atoms with E-state index in [9.17, 15) is 9.59 Å². The van der Waals surface area contributed by atoms with E-state index < -0.39 is 0 Å². The van der Waals surface area contributed by atoms with Crippen LogP contribution < -0.4 is 5.32 Å². The maximum absolute atomic E-state index is 12.9. The fourth-order valence-electron chi connectivity index (χ4n) is 5.05. The molecule has 2 amide bonds. The van der Waals surface area contributed by atoms with E-state index in [2.05, 4.69) is 20.1 Å². The van der Waals surface area contributed by atoms with Gasteiger partial charge in [-0.2, -0.15) is 0 Å². The Morgan fingerprint density at radius 1 is 1.15 bits per heavy atom. The van der Waals surface area contributed by atoms with Gasteiger partial charge >= 0.3 is 0 Å². The van der Waals surface area contributed by atoms with E-state index in [1.54, 1.807) is 30.3 Å². The van der Waals surface area contributed by atoms with Crippen molar-refractivity contribution in [1.29, 1.82) is 0 Å². The maximum Gasteiger partial charge on any atom is 0.246 e. The number of likely N-dealkylation sites (N-methyl/N-ethyl adjacent to an activating group) is 1. The number of morpholine rings is 1. The molecule has 5 rings (SSSR count). The van der Waals surface area contributed by atoms with E-state index in [0.29, 0.717) is 25.5 Å². The van der Waals surface area contributed by atoms with Crippen molar-refractivity contribution in [2.24, 2.45) is 0 Å². The second-order valence-corrected chi connectivity index (χ2v) is 10.0. The molecule has 0 saturated carbocycles. The van der Waals surface area contributed by atoms with Crippen molar-refractivity contribution in [2.75, 3.05) is 58.3 Å². The third-order valence-electron chi connectivity index (χ3n) is 7.15.